The van der Waals surface area contributed by atoms with Gasteiger partial charge in [-0.2, -0.15) is 0 Å². The van der Waals surface area contributed by atoms with Gasteiger partial charge < -0.3 is 16.0 Å². The summed E-state index contributed by atoms with van der Waals surface area (Å²) in [5, 5.41) is 2.95. The quantitative estimate of drug-likeness (QED) is 0.800. The number of piperidine rings is 1. The van der Waals surface area contributed by atoms with Crippen LogP contribution >= 0.6 is 12.4 Å². The first-order chi connectivity index (χ1) is 8.90. The number of amides is 2. The average molecular weight is 306 g/mol. The number of likely N-dealkylation sites (tertiary alicyclic amines) is 1. The summed E-state index contributed by atoms with van der Waals surface area (Å²) >= 11 is 0. The van der Waals surface area contributed by atoms with E-state index in [9.17, 15) is 9.59 Å². The Balaban J connectivity index is 0.00000361. The molecule has 1 heterocycles. The Bertz CT molecular complexity index is 322. The molecule has 2 amide bonds. The van der Waals surface area contributed by atoms with Crippen molar-refractivity contribution in [3.8, 4) is 0 Å². The standard InChI is InChI=1S/C14H27N3O2.ClH/c1-10(2)14(19)16-8-12-5-4-6-17(9-12)13(18)7-11(3)15;/h10-12H,4-9,15H2,1-3H3,(H,16,19);1H. The number of halogens is 1. The van der Waals surface area contributed by atoms with Crippen molar-refractivity contribution >= 4 is 24.2 Å². The van der Waals surface area contributed by atoms with Crippen LogP contribution in [0.1, 0.15) is 40.0 Å². The van der Waals surface area contributed by atoms with Crippen LogP contribution in [0.5, 0.6) is 0 Å². The van der Waals surface area contributed by atoms with Crippen molar-refractivity contribution in [3.05, 3.63) is 0 Å². The zero-order valence-corrected chi connectivity index (χ0v) is 13.5. The Hall–Kier alpha value is -0.810. The van der Waals surface area contributed by atoms with Crippen molar-refractivity contribution in [1.82, 2.24) is 10.2 Å². The van der Waals surface area contributed by atoms with E-state index in [2.05, 4.69) is 5.32 Å². The number of nitrogens with one attached hydrogen (secondary N) is 1. The molecular weight excluding hydrogens is 278 g/mol. The maximum Gasteiger partial charge on any atom is 0.224 e. The lowest BCUT2D eigenvalue weighted by Crippen LogP contribution is -2.45. The van der Waals surface area contributed by atoms with Gasteiger partial charge in [0.05, 0.1) is 0 Å². The Labute approximate surface area is 128 Å². The van der Waals surface area contributed by atoms with Crippen molar-refractivity contribution in [2.45, 2.75) is 46.1 Å². The SMILES string of the molecule is CC(N)CC(=O)N1CCCC(CNC(=O)C(C)C)C1.Cl. The topological polar surface area (TPSA) is 75.4 Å². The highest BCUT2D eigenvalue weighted by Crippen LogP contribution is 2.17. The number of carbonyl (C=O) groups excluding carboxylic acids is 2. The van der Waals surface area contributed by atoms with Crippen LogP contribution in [0, 0.1) is 11.8 Å². The van der Waals surface area contributed by atoms with Crippen LogP contribution in [0.2, 0.25) is 0 Å². The van der Waals surface area contributed by atoms with Gasteiger partial charge in [0.25, 0.3) is 0 Å². The van der Waals surface area contributed by atoms with E-state index in [0.29, 0.717) is 18.9 Å². The molecule has 1 fully saturated rings. The normalized spacial score (nSPS) is 20.2. The van der Waals surface area contributed by atoms with Gasteiger partial charge in [-0.1, -0.05) is 13.8 Å². The molecule has 118 valence electrons. The highest BCUT2D eigenvalue weighted by Gasteiger charge is 2.24. The van der Waals surface area contributed by atoms with Crippen LogP contribution in [0.15, 0.2) is 0 Å². The van der Waals surface area contributed by atoms with E-state index in [1.165, 1.54) is 0 Å². The van der Waals surface area contributed by atoms with Crippen LogP contribution in [0.4, 0.5) is 0 Å². The third-order valence-corrected chi connectivity index (χ3v) is 3.46. The fourth-order valence-corrected chi connectivity index (χ4v) is 2.31. The summed E-state index contributed by atoms with van der Waals surface area (Å²) in [6.45, 7) is 7.84. The average Bonchev–Trinajstić information content (AvgIpc) is 2.35. The zero-order valence-electron chi connectivity index (χ0n) is 12.7. The van der Waals surface area contributed by atoms with E-state index in [1.54, 1.807) is 0 Å². The lowest BCUT2D eigenvalue weighted by atomic mass is 9.97. The number of nitrogens with zero attached hydrogens (tertiary/aromatic N) is 1. The summed E-state index contributed by atoms with van der Waals surface area (Å²) in [6.07, 6.45) is 2.48. The second kappa shape index (κ2) is 9.19. The van der Waals surface area contributed by atoms with Gasteiger partial charge in [-0.05, 0) is 25.7 Å². The van der Waals surface area contributed by atoms with Gasteiger partial charge >= 0.3 is 0 Å². The lowest BCUT2D eigenvalue weighted by Gasteiger charge is -2.33. The fraction of sp³-hybridized carbons (Fsp3) is 0.857. The minimum atomic E-state index is -0.0893. The van der Waals surface area contributed by atoms with Crippen LogP contribution in [0.25, 0.3) is 0 Å². The Kier molecular flexibility index (Phi) is 8.81. The maximum absolute atomic E-state index is 12.0. The Morgan fingerprint density at radius 2 is 2.00 bits per heavy atom. The van der Waals surface area contributed by atoms with Crippen LogP contribution in [0.3, 0.4) is 0 Å². The van der Waals surface area contributed by atoms with Gasteiger partial charge in [0.1, 0.15) is 0 Å². The molecule has 3 N–H and O–H groups in total. The second-order valence-corrected chi connectivity index (χ2v) is 5.93. The number of hydrogen-bond donors (Lipinski definition) is 2. The van der Waals surface area contributed by atoms with Crippen LogP contribution in [-0.4, -0.2) is 42.4 Å². The van der Waals surface area contributed by atoms with Crippen molar-refractivity contribution in [1.29, 1.82) is 0 Å². The molecule has 2 atom stereocenters. The summed E-state index contributed by atoms with van der Waals surface area (Å²) in [7, 11) is 0. The highest BCUT2D eigenvalue weighted by atomic mass is 35.5. The summed E-state index contributed by atoms with van der Waals surface area (Å²) in [6, 6.07) is -0.0893. The first-order valence-corrected chi connectivity index (χ1v) is 7.21. The largest absolute Gasteiger partial charge is 0.356 e. The molecule has 0 spiro atoms. The summed E-state index contributed by atoms with van der Waals surface area (Å²) in [5.74, 6) is 0.599. The smallest absolute Gasteiger partial charge is 0.224 e. The summed E-state index contributed by atoms with van der Waals surface area (Å²) in [4.78, 5) is 25.4. The molecule has 0 aromatic rings. The first-order valence-electron chi connectivity index (χ1n) is 7.21. The van der Waals surface area contributed by atoms with Gasteiger partial charge in [0, 0.05) is 38.0 Å². The second-order valence-electron chi connectivity index (χ2n) is 5.93. The van der Waals surface area contributed by atoms with Crippen molar-refractivity contribution in [3.63, 3.8) is 0 Å². The molecule has 0 aromatic carbocycles. The van der Waals surface area contributed by atoms with Crippen LogP contribution in [-0.2, 0) is 9.59 Å². The van der Waals surface area contributed by atoms with Crippen molar-refractivity contribution in [2.24, 2.45) is 17.6 Å². The number of rotatable bonds is 5. The van der Waals surface area contributed by atoms with Gasteiger partial charge in [0.15, 0.2) is 0 Å². The number of nitrogens with two attached hydrogens (primary N) is 1. The molecule has 0 saturated carbocycles. The molecule has 5 nitrogen and oxygen atoms in total. The van der Waals surface area contributed by atoms with Gasteiger partial charge in [-0.3, -0.25) is 9.59 Å². The summed E-state index contributed by atoms with van der Waals surface area (Å²) in [5.41, 5.74) is 5.66. The van der Waals surface area contributed by atoms with E-state index in [1.807, 2.05) is 25.7 Å². The third-order valence-electron chi connectivity index (χ3n) is 3.46. The molecule has 1 rings (SSSR count). The molecule has 2 unspecified atom stereocenters. The maximum atomic E-state index is 12.0. The highest BCUT2D eigenvalue weighted by molar-refractivity contribution is 5.85. The Morgan fingerprint density at radius 3 is 2.55 bits per heavy atom. The fourth-order valence-electron chi connectivity index (χ4n) is 2.31. The first kappa shape index (κ1) is 19.2. The van der Waals surface area contributed by atoms with Gasteiger partial charge in [-0.25, -0.2) is 0 Å². The van der Waals surface area contributed by atoms with E-state index in [4.69, 9.17) is 5.73 Å². The van der Waals surface area contributed by atoms with E-state index >= 15 is 0 Å². The minimum absolute atomic E-state index is 0. The number of hydrogen-bond acceptors (Lipinski definition) is 3. The van der Waals surface area contributed by atoms with E-state index < -0.39 is 0 Å². The molecule has 6 heteroatoms. The Morgan fingerprint density at radius 1 is 1.35 bits per heavy atom. The summed E-state index contributed by atoms with van der Waals surface area (Å²) < 4.78 is 0. The third kappa shape index (κ3) is 6.57. The molecular formula is C14H28ClN3O2. The van der Waals surface area contributed by atoms with Crippen LogP contribution < -0.4 is 11.1 Å². The molecule has 0 aromatic heterocycles. The molecule has 1 saturated heterocycles. The molecule has 20 heavy (non-hydrogen) atoms. The van der Waals surface area contributed by atoms with E-state index in [-0.39, 0.29) is 36.2 Å². The predicted octanol–water partition coefficient (Wildman–Crippen LogP) is 1.16. The molecule has 0 aliphatic carbocycles. The predicted molar refractivity (Wildman–Crippen MR) is 82.7 cm³/mol. The number of carbonyl (C=O) groups is 2. The van der Waals surface area contributed by atoms with Crippen molar-refractivity contribution in [2.75, 3.05) is 19.6 Å². The van der Waals surface area contributed by atoms with Gasteiger partial charge in [-0.15, -0.1) is 12.4 Å². The molecule has 0 radical (unpaired) electrons. The molecule has 0 bridgehead atoms. The zero-order chi connectivity index (χ0) is 14.4. The molecule has 1 aliphatic rings. The molecule has 1 aliphatic heterocycles. The minimum Gasteiger partial charge on any atom is -0.356 e. The monoisotopic (exact) mass is 305 g/mol. The lowest BCUT2D eigenvalue weighted by molar-refractivity contribution is -0.133. The van der Waals surface area contributed by atoms with Crippen molar-refractivity contribution < 1.29 is 9.59 Å². The van der Waals surface area contributed by atoms with Gasteiger partial charge in [0.2, 0.25) is 11.8 Å². The van der Waals surface area contributed by atoms with E-state index in [0.717, 1.165) is 25.9 Å².